The topological polar surface area (TPSA) is 32.3 Å². The lowest BCUT2D eigenvalue weighted by molar-refractivity contribution is 0.140. The van der Waals surface area contributed by atoms with E-state index in [0.29, 0.717) is 11.6 Å². The SMILES string of the molecule is CCC1(CC)CN(C2CCS(=O)CC2)CCCN1. The van der Waals surface area contributed by atoms with Gasteiger partial charge < -0.3 is 5.32 Å². The Labute approximate surface area is 114 Å². The normalized spacial score (nSPS) is 34.1. The van der Waals surface area contributed by atoms with Crippen LogP contribution in [-0.4, -0.2) is 51.8 Å². The smallest absolute Gasteiger partial charge is 0.0303 e. The van der Waals surface area contributed by atoms with Crippen LogP contribution in [0.1, 0.15) is 46.0 Å². The Kier molecular flexibility index (Phi) is 5.22. The van der Waals surface area contributed by atoms with E-state index in [1.54, 1.807) is 0 Å². The predicted octanol–water partition coefficient (Wildman–Crippen LogP) is 1.75. The standard InChI is InChI=1S/C14H28N2OS/c1-3-14(4-2)12-16(9-5-8-15-14)13-6-10-18(17)11-7-13/h13,15H,3-12H2,1-2H3. The third-order valence-electron chi connectivity index (χ3n) is 4.86. The van der Waals surface area contributed by atoms with Gasteiger partial charge in [-0.05, 0) is 45.2 Å². The Hall–Kier alpha value is 0.0700. The highest BCUT2D eigenvalue weighted by atomic mass is 32.2. The Morgan fingerprint density at radius 2 is 1.94 bits per heavy atom. The predicted molar refractivity (Wildman–Crippen MR) is 78.4 cm³/mol. The summed E-state index contributed by atoms with van der Waals surface area (Å²) in [7, 11) is -0.535. The molecule has 0 saturated carbocycles. The minimum Gasteiger partial charge on any atom is -0.310 e. The molecule has 0 bridgehead atoms. The van der Waals surface area contributed by atoms with Crippen LogP contribution in [0.4, 0.5) is 0 Å². The van der Waals surface area contributed by atoms with Gasteiger partial charge in [0.05, 0.1) is 0 Å². The Bertz CT molecular complexity index is 282. The highest BCUT2D eigenvalue weighted by molar-refractivity contribution is 7.85. The van der Waals surface area contributed by atoms with Gasteiger partial charge in [-0.25, -0.2) is 0 Å². The van der Waals surface area contributed by atoms with Crippen molar-refractivity contribution in [3.8, 4) is 0 Å². The summed E-state index contributed by atoms with van der Waals surface area (Å²) in [5.41, 5.74) is 0.313. The van der Waals surface area contributed by atoms with Crippen molar-refractivity contribution in [1.82, 2.24) is 10.2 Å². The highest BCUT2D eigenvalue weighted by Gasteiger charge is 2.34. The third-order valence-corrected chi connectivity index (χ3v) is 6.24. The summed E-state index contributed by atoms with van der Waals surface area (Å²) < 4.78 is 11.5. The molecule has 2 aliphatic rings. The first-order valence-corrected chi connectivity index (χ1v) is 9.02. The number of hydrogen-bond donors (Lipinski definition) is 1. The maximum absolute atomic E-state index is 11.5. The van der Waals surface area contributed by atoms with Gasteiger partial charge in [0.2, 0.25) is 0 Å². The molecular formula is C14H28N2OS. The summed E-state index contributed by atoms with van der Waals surface area (Å²) >= 11 is 0. The molecule has 0 aromatic carbocycles. The van der Waals surface area contributed by atoms with Gasteiger partial charge in [-0.2, -0.15) is 0 Å². The van der Waals surface area contributed by atoms with Crippen LogP contribution in [0, 0.1) is 0 Å². The van der Waals surface area contributed by atoms with Gasteiger partial charge in [-0.15, -0.1) is 0 Å². The van der Waals surface area contributed by atoms with Crippen LogP contribution in [0.2, 0.25) is 0 Å². The van der Waals surface area contributed by atoms with Crippen molar-refractivity contribution in [2.24, 2.45) is 0 Å². The molecule has 2 saturated heterocycles. The summed E-state index contributed by atoms with van der Waals surface area (Å²) in [5.74, 6) is 1.83. The molecule has 0 aliphatic carbocycles. The van der Waals surface area contributed by atoms with Crippen LogP contribution in [-0.2, 0) is 10.8 Å². The van der Waals surface area contributed by atoms with Crippen LogP contribution in [0.15, 0.2) is 0 Å². The maximum atomic E-state index is 11.5. The summed E-state index contributed by atoms with van der Waals surface area (Å²) in [4.78, 5) is 2.68. The lowest BCUT2D eigenvalue weighted by Crippen LogP contribution is -2.53. The lowest BCUT2D eigenvalue weighted by Gasteiger charge is -2.40. The van der Waals surface area contributed by atoms with Crippen LogP contribution >= 0.6 is 0 Å². The molecule has 2 fully saturated rings. The van der Waals surface area contributed by atoms with E-state index in [-0.39, 0.29) is 0 Å². The molecule has 0 unspecified atom stereocenters. The fourth-order valence-electron chi connectivity index (χ4n) is 3.34. The Morgan fingerprint density at radius 1 is 1.28 bits per heavy atom. The quantitative estimate of drug-likeness (QED) is 0.849. The Morgan fingerprint density at radius 3 is 2.56 bits per heavy atom. The van der Waals surface area contributed by atoms with Crippen LogP contribution in [0.25, 0.3) is 0 Å². The van der Waals surface area contributed by atoms with Crippen LogP contribution < -0.4 is 5.32 Å². The molecule has 2 heterocycles. The highest BCUT2D eigenvalue weighted by Crippen LogP contribution is 2.24. The van der Waals surface area contributed by atoms with E-state index in [9.17, 15) is 4.21 Å². The molecule has 3 nitrogen and oxygen atoms in total. The average molecular weight is 272 g/mol. The summed E-state index contributed by atoms with van der Waals surface area (Å²) in [6.45, 7) is 8.14. The second-order valence-corrected chi connectivity index (χ2v) is 7.51. The molecule has 0 amide bonds. The molecule has 106 valence electrons. The molecule has 4 heteroatoms. The van der Waals surface area contributed by atoms with Gasteiger partial charge in [0.1, 0.15) is 0 Å². The fourth-order valence-corrected chi connectivity index (χ4v) is 4.62. The molecule has 0 spiro atoms. The number of hydrogen-bond acceptors (Lipinski definition) is 3. The molecule has 0 aromatic rings. The zero-order valence-corrected chi connectivity index (χ0v) is 12.7. The van der Waals surface area contributed by atoms with Crippen LogP contribution in [0.5, 0.6) is 0 Å². The van der Waals surface area contributed by atoms with Gasteiger partial charge in [0.15, 0.2) is 0 Å². The fraction of sp³-hybridized carbons (Fsp3) is 1.00. The number of rotatable bonds is 3. The van der Waals surface area contributed by atoms with Gasteiger partial charge in [0, 0.05) is 40.4 Å². The number of nitrogens with one attached hydrogen (secondary N) is 1. The van der Waals surface area contributed by atoms with Crippen molar-refractivity contribution in [3.63, 3.8) is 0 Å². The Balaban J connectivity index is 2.00. The van der Waals surface area contributed by atoms with Gasteiger partial charge in [-0.3, -0.25) is 9.11 Å². The van der Waals surface area contributed by atoms with E-state index in [1.807, 2.05) is 0 Å². The van der Waals surface area contributed by atoms with E-state index >= 15 is 0 Å². The molecule has 1 N–H and O–H groups in total. The van der Waals surface area contributed by atoms with E-state index < -0.39 is 10.8 Å². The average Bonchev–Trinajstić information content (AvgIpc) is 2.63. The number of nitrogens with zero attached hydrogens (tertiary/aromatic N) is 1. The second-order valence-electron chi connectivity index (χ2n) is 5.82. The van der Waals surface area contributed by atoms with Crippen molar-refractivity contribution in [2.45, 2.75) is 57.5 Å². The molecule has 0 aromatic heterocycles. The monoisotopic (exact) mass is 272 g/mol. The van der Waals surface area contributed by atoms with E-state index in [1.165, 1.54) is 32.4 Å². The molecule has 2 rings (SSSR count). The van der Waals surface area contributed by atoms with Crippen molar-refractivity contribution in [2.75, 3.05) is 31.1 Å². The van der Waals surface area contributed by atoms with Crippen molar-refractivity contribution in [3.05, 3.63) is 0 Å². The van der Waals surface area contributed by atoms with E-state index in [4.69, 9.17) is 0 Å². The summed E-state index contributed by atoms with van der Waals surface area (Å²) in [5, 5.41) is 3.77. The van der Waals surface area contributed by atoms with Crippen LogP contribution in [0.3, 0.4) is 0 Å². The summed E-state index contributed by atoms with van der Waals surface area (Å²) in [6, 6.07) is 0.681. The molecule has 2 aliphatic heterocycles. The molecule has 0 radical (unpaired) electrons. The third kappa shape index (κ3) is 3.34. The molecular weight excluding hydrogens is 244 g/mol. The van der Waals surface area contributed by atoms with Gasteiger partial charge in [-0.1, -0.05) is 13.8 Å². The first-order valence-electron chi connectivity index (χ1n) is 7.53. The zero-order valence-electron chi connectivity index (χ0n) is 11.9. The summed E-state index contributed by atoms with van der Waals surface area (Å²) in [6.07, 6.45) is 5.94. The largest absolute Gasteiger partial charge is 0.310 e. The van der Waals surface area contributed by atoms with Gasteiger partial charge >= 0.3 is 0 Å². The minimum absolute atomic E-state index is 0.313. The van der Waals surface area contributed by atoms with E-state index in [0.717, 1.165) is 30.9 Å². The minimum atomic E-state index is -0.535. The van der Waals surface area contributed by atoms with Gasteiger partial charge in [0.25, 0.3) is 0 Å². The lowest BCUT2D eigenvalue weighted by atomic mass is 9.91. The van der Waals surface area contributed by atoms with E-state index in [2.05, 4.69) is 24.1 Å². The van der Waals surface area contributed by atoms with Crippen molar-refractivity contribution >= 4 is 10.8 Å². The van der Waals surface area contributed by atoms with Crippen molar-refractivity contribution in [1.29, 1.82) is 0 Å². The molecule has 0 atom stereocenters. The van der Waals surface area contributed by atoms with Crippen molar-refractivity contribution < 1.29 is 4.21 Å². The first kappa shape index (κ1) is 14.5. The second kappa shape index (κ2) is 6.49. The molecule has 18 heavy (non-hydrogen) atoms. The maximum Gasteiger partial charge on any atom is 0.0303 e. The first-order chi connectivity index (χ1) is 8.69. The zero-order chi connectivity index (χ0) is 13.0.